The van der Waals surface area contributed by atoms with Crippen LogP contribution in [0.3, 0.4) is 0 Å². The molecule has 0 aliphatic rings. The van der Waals surface area contributed by atoms with Gasteiger partial charge < -0.3 is 9.47 Å². The van der Waals surface area contributed by atoms with Gasteiger partial charge in [-0.2, -0.15) is 0 Å². The van der Waals surface area contributed by atoms with Crippen molar-refractivity contribution in [1.82, 2.24) is 4.98 Å². The number of nitrogens with zero attached hydrogens (tertiary/aromatic N) is 2. The molecule has 7 heteroatoms. The van der Waals surface area contributed by atoms with Gasteiger partial charge in [0, 0.05) is 0 Å². The number of hydrogen-bond acceptors (Lipinski definition) is 5. The van der Waals surface area contributed by atoms with Crippen molar-refractivity contribution in [2.75, 3.05) is 18.6 Å². The number of amides is 1. The van der Waals surface area contributed by atoms with Crippen LogP contribution in [0.5, 0.6) is 11.5 Å². The fraction of sp³-hybridized carbons (Fsp3) is 0.167. The van der Waals surface area contributed by atoms with Crippen LogP contribution in [0.15, 0.2) is 66.7 Å². The van der Waals surface area contributed by atoms with Gasteiger partial charge >= 0.3 is 0 Å². The smallest absolute Gasteiger partial charge is 0.267 e. The molecule has 0 N–H and O–H groups in total. The summed E-state index contributed by atoms with van der Waals surface area (Å²) in [5, 5.41) is 1.21. The number of rotatable bonds is 7. The van der Waals surface area contributed by atoms with E-state index >= 15 is 0 Å². The van der Waals surface area contributed by atoms with Gasteiger partial charge in [0.15, 0.2) is 23.2 Å². The molecule has 1 amide bonds. The fourth-order valence-corrected chi connectivity index (χ4v) is 4.52. The summed E-state index contributed by atoms with van der Waals surface area (Å²) in [6.45, 7) is 2.22. The van der Waals surface area contributed by atoms with E-state index < -0.39 is 0 Å². The number of thiazole rings is 1. The zero-order chi connectivity index (χ0) is 21.8. The van der Waals surface area contributed by atoms with Crippen molar-refractivity contribution in [2.24, 2.45) is 0 Å². The van der Waals surface area contributed by atoms with Crippen LogP contribution in [0.4, 0.5) is 5.13 Å². The number of fused-ring (bicyclic) bond motifs is 1. The van der Waals surface area contributed by atoms with Crippen molar-refractivity contribution in [2.45, 2.75) is 13.5 Å². The molecule has 0 saturated heterocycles. The Hall–Kier alpha value is -3.09. The van der Waals surface area contributed by atoms with E-state index in [0.717, 1.165) is 21.3 Å². The second-order valence-corrected chi connectivity index (χ2v) is 8.33. The third kappa shape index (κ3) is 4.65. The van der Waals surface area contributed by atoms with E-state index in [2.05, 4.69) is 0 Å². The maximum Gasteiger partial charge on any atom is 0.267 e. The van der Waals surface area contributed by atoms with Crippen LogP contribution in [-0.4, -0.2) is 24.6 Å². The molecule has 1 heterocycles. The quantitative estimate of drug-likeness (QED) is 0.351. The Morgan fingerprint density at radius 1 is 1.03 bits per heavy atom. The lowest BCUT2D eigenvalue weighted by Gasteiger charge is -2.20. The molecule has 4 rings (SSSR count). The number of para-hydroxylation sites is 2. The molecule has 31 heavy (non-hydrogen) atoms. The minimum Gasteiger partial charge on any atom is -0.493 e. The topological polar surface area (TPSA) is 51.7 Å². The molecule has 0 saturated carbocycles. The van der Waals surface area contributed by atoms with Crippen molar-refractivity contribution in [3.63, 3.8) is 0 Å². The molecule has 5 nitrogen and oxygen atoms in total. The van der Waals surface area contributed by atoms with Gasteiger partial charge in [0.25, 0.3) is 5.91 Å². The van der Waals surface area contributed by atoms with E-state index in [1.165, 1.54) is 11.3 Å². The van der Waals surface area contributed by atoms with E-state index in [1.54, 1.807) is 24.1 Å². The number of halogens is 1. The number of aryl methyl sites for hydroxylation is 1. The van der Waals surface area contributed by atoms with Crippen LogP contribution in [0.2, 0.25) is 5.02 Å². The molecule has 0 radical (unpaired) electrons. The van der Waals surface area contributed by atoms with Gasteiger partial charge in [-0.05, 0) is 36.2 Å². The predicted octanol–water partition coefficient (Wildman–Crippen LogP) is 5.88. The third-order valence-corrected chi connectivity index (χ3v) is 6.36. The highest BCUT2D eigenvalue weighted by atomic mass is 35.5. The van der Waals surface area contributed by atoms with Crippen LogP contribution in [0.1, 0.15) is 11.1 Å². The van der Waals surface area contributed by atoms with E-state index in [1.807, 2.05) is 61.5 Å². The van der Waals surface area contributed by atoms with Gasteiger partial charge in [0.2, 0.25) is 0 Å². The van der Waals surface area contributed by atoms with Crippen molar-refractivity contribution in [3.8, 4) is 11.5 Å². The maximum atomic E-state index is 13.3. The first-order chi connectivity index (χ1) is 15.1. The van der Waals surface area contributed by atoms with E-state index in [0.29, 0.717) is 28.2 Å². The zero-order valence-corrected chi connectivity index (χ0v) is 18.7. The molecule has 158 valence electrons. The van der Waals surface area contributed by atoms with Crippen LogP contribution < -0.4 is 14.4 Å². The molecule has 0 unspecified atom stereocenters. The Kier molecular flexibility index (Phi) is 6.39. The number of benzene rings is 3. The normalized spacial score (nSPS) is 10.8. The van der Waals surface area contributed by atoms with Crippen LogP contribution in [0, 0.1) is 6.92 Å². The van der Waals surface area contributed by atoms with Gasteiger partial charge in [0.05, 0.1) is 28.9 Å². The molecule has 0 bridgehead atoms. The highest BCUT2D eigenvalue weighted by molar-refractivity contribution is 7.23. The van der Waals surface area contributed by atoms with Gasteiger partial charge in [-0.15, -0.1) is 0 Å². The van der Waals surface area contributed by atoms with Gasteiger partial charge in [-0.25, -0.2) is 4.98 Å². The largest absolute Gasteiger partial charge is 0.493 e. The standard InChI is InChI=1S/C24H21ClN2O3S/c1-16-12-13-18(25)23-22(16)26-24(31-23)27(14-17-8-4-3-5-9-17)21(28)15-30-20-11-7-6-10-19(20)29-2/h3-13H,14-15H2,1-2H3. The van der Waals surface area contributed by atoms with Crippen LogP contribution in [-0.2, 0) is 11.3 Å². The number of methoxy groups -OCH3 is 1. The average molecular weight is 453 g/mol. The summed E-state index contributed by atoms with van der Waals surface area (Å²) < 4.78 is 12.0. The summed E-state index contributed by atoms with van der Waals surface area (Å²) in [4.78, 5) is 19.6. The third-order valence-electron chi connectivity index (χ3n) is 4.82. The fourth-order valence-electron chi connectivity index (χ4n) is 3.19. The molecule has 3 aromatic carbocycles. The zero-order valence-electron chi connectivity index (χ0n) is 17.2. The Morgan fingerprint density at radius 3 is 2.45 bits per heavy atom. The molecule has 0 aliphatic carbocycles. The SMILES string of the molecule is COc1ccccc1OCC(=O)N(Cc1ccccc1)c1nc2c(C)ccc(Cl)c2s1. The average Bonchev–Trinajstić information content (AvgIpc) is 3.26. The van der Waals surface area contributed by atoms with Crippen LogP contribution >= 0.6 is 22.9 Å². The summed E-state index contributed by atoms with van der Waals surface area (Å²) in [6.07, 6.45) is 0. The van der Waals surface area contributed by atoms with Crippen molar-refractivity contribution in [1.29, 1.82) is 0 Å². The van der Waals surface area contributed by atoms with Gasteiger partial charge in [-0.3, -0.25) is 9.69 Å². The summed E-state index contributed by atoms with van der Waals surface area (Å²) in [5.74, 6) is 0.885. The monoisotopic (exact) mass is 452 g/mol. The molecule has 0 fully saturated rings. The van der Waals surface area contributed by atoms with Crippen molar-refractivity contribution < 1.29 is 14.3 Å². The Bertz CT molecular complexity index is 1170. The number of anilines is 1. The number of aromatic nitrogens is 1. The maximum absolute atomic E-state index is 13.3. The number of ether oxygens (including phenoxy) is 2. The highest BCUT2D eigenvalue weighted by Gasteiger charge is 2.22. The number of carbonyl (C=O) groups is 1. The first kappa shape index (κ1) is 21.2. The first-order valence-corrected chi connectivity index (χ1v) is 10.9. The lowest BCUT2D eigenvalue weighted by molar-refractivity contribution is -0.120. The Labute approximate surface area is 189 Å². The van der Waals surface area contributed by atoms with Crippen molar-refractivity contribution in [3.05, 3.63) is 82.9 Å². The van der Waals surface area contributed by atoms with E-state index in [9.17, 15) is 4.79 Å². The van der Waals surface area contributed by atoms with Gasteiger partial charge in [-0.1, -0.05) is 71.5 Å². The molecule has 0 aliphatic heterocycles. The lowest BCUT2D eigenvalue weighted by atomic mass is 10.2. The van der Waals surface area contributed by atoms with Crippen molar-refractivity contribution >= 4 is 44.2 Å². The summed E-state index contributed by atoms with van der Waals surface area (Å²) in [7, 11) is 1.57. The second kappa shape index (κ2) is 9.37. The summed E-state index contributed by atoms with van der Waals surface area (Å²) in [6, 6.07) is 20.8. The van der Waals surface area contributed by atoms with E-state index in [4.69, 9.17) is 26.1 Å². The molecule has 4 aromatic rings. The Morgan fingerprint density at radius 2 is 1.74 bits per heavy atom. The Balaban J connectivity index is 1.65. The lowest BCUT2D eigenvalue weighted by Crippen LogP contribution is -2.34. The van der Waals surface area contributed by atoms with E-state index in [-0.39, 0.29) is 12.5 Å². The van der Waals surface area contributed by atoms with Gasteiger partial charge in [0.1, 0.15) is 0 Å². The first-order valence-electron chi connectivity index (χ1n) is 9.72. The molecular weight excluding hydrogens is 432 g/mol. The van der Waals surface area contributed by atoms with Crippen LogP contribution in [0.25, 0.3) is 10.2 Å². The second-order valence-electron chi connectivity index (χ2n) is 6.94. The summed E-state index contributed by atoms with van der Waals surface area (Å²) in [5.41, 5.74) is 2.82. The number of carbonyl (C=O) groups excluding carboxylic acids is 1. The minimum atomic E-state index is -0.206. The molecule has 0 spiro atoms. The predicted molar refractivity (Wildman–Crippen MR) is 125 cm³/mol. The molecular formula is C24H21ClN2O3S. The highest BCUT2D eigenvalue weighted by Crippen LogP contribution is 2.36. The number of hydrogen-bond donors (Lipinski definition) is 0. The molecule has 1 aromatic heterocycles. The summed E-state index contributed by atoms with van der Waals surface area (Å²) >= 11 is 7.79. The minimum absolute atomic E-state index is 0.143. The molecule has 0 atom stereocenters.